The summed E-state index contributed by atoms with van der Waals surface area (Å²) in [5.41, 5.74) is 4.79. The average molecular weight is 423 g/mol. The van der Waals surface area contributed by atoms with Gasteiger partial charge >= 0.3 is 5.97 Å². The van der Waals surface area contributed by atoms with Gasteiger partial charge < -0.3 is 9.84 Å². The first kappa shape index (κ1) is 22.1. The normalized spacial score (nSPS) is 11.8. The molecule has 0 aliphatic heterocycles. The molecule has 3 aromatic rings. The van der Waals surface area contributed by atoms with Crippen molar-refractivity contribution in [1.82, 2.24) is 0 Å². The number of thiophene rings is 1. The van der Waals surface area contributed by atoms with Crippen LogP contribution in [0, 0.1) is 0 Å². The summed E-state index contributed by atoms with van der Waals surface area (Å²) in [7, 11) is 0. The summed E-state index contributed by atoms with van der Waals surface area (Å²) in [5.74, 6) is 0.800. The Bertz CT molecular complexity index is 1070. The molecule has 0 atom stereocenters. The molecule has 2 aromatic carbocycles. The van der Waals surface area contributed by atoms with Crippen molar-refractivity contribution in [2.75, 3.05) is 6.61 Å². The van der Waals surface area contributed by atoms with E-state index in [1.165, 1.54) is 17.2 Å². The van der Waals surface area contributed by atoms with Crippen LogP contribution in [0.2, 0.25) is 0 Å². The van der Waals surface area contributed by atoms with Crippen molar-refractivity contribution >= 4 is 33.5 Å². The second-order valence-electron chi connectivity index (χ2n) is 8.18. The topological polar surface area (TPSA) is 46.5 Å². The van der Waals surface area contributed by atoms with Crippen LogP contribution in [0.3, 0.4) is 0 Å². The Balaban J connectivity index is 2.27. The van der Waals surface area contributed by atoms with Gasteiger partial charge in [0, 0.05) is 26.6 Å². The Morgan fingerprint density at radius 2 is 1.87 bits per heavy atom. The highest BCUT2D eigenvalue weighted by atomic mass is 32.1. The quantitative estimate of drug-likeness (QED) is 0.378. The molecule has 0 aliphatic carbocycles. The first-order valence-corrected chi connectivity index (χ1v) is 11.4. The third-order valence-electron chi connectivity index (χ3n) is 5.14. The minimum atomic E-state index is -0.936. The van der Waals surface area contributed by atoms with E-state index < -0.39 is 5.97 Å². The molecule has 3 nitrogen and oxygen atoms in total. The van der Waals surface area contributed by atoms with Gasteiger partial charge in [-0.2, -0.15) is 0 Å². The van der Waals surface area contributed by atoms with Crippen molar-refractivity contribution < 1.29 is 14.6 Å². The number of carbonyl (C=O) groups is 1. The van der Waals surface area contributed by atoms with Crippen molar-refractivity contribution in [2.24, 2.45) is 0 Å². The van der Waals surface area contributed by atoms with Gasteiger partial charge in [0.1, 0.15) is 5.75 Å². The number of carboxylic acid groups (broad SMARTS) is 1. The van der Waals surface area contributed by atoms with Crippen LogP contribution >= 0.6 is 11.3 Å². The van der Waals surface area contributed by atoms with Crippen LogP contribution in [0.5, 0.6) is 5.75 Å². The van der Waals surface area contributed by atoms with Gasteiger partial charge in [-0.25, -0.2) is 4.79 Å². The van der Waals surface area contributed by atoms with Gasteiger partial charge in [-0.1, -0.05) is 52.8 Å². The van der Waals surface area contributed by atoms with E-state index in [0.29, 0.717) is 18.4 Å². The lowest BCUT2D eigenvalue weighted by atomic mass is 9.88. The molecule has 0 saturated heterocycles. The van der Waals surface area contributed by atoms with Gasteiger partial charge in [0.2, 0.25) is 0 Å². The largest absolute Gasteiger partial charge is 0.493 e. The monoisotopic (exact) mass is 422 g/mol. The lowest BCUT2D eigenvalue weighted by Crippen LogP contribution is -2.04. The molecule has 0 unspecified atom stereocenters. The maximum atomic E-state index is 10.9. The Morgan fingerprint density at radius 1 is 1.10 bits per heavy atom. The highest BCUT2D eigenvalue weighted by Gasteiger charge is 2.19. The van der Waals surface area contributed by atoms with E-state index >= 15 is 0 Å². The van der Waals surface area contributed by atoms with E-state index in [1.54, 1.807) is 17.4 Å². The van der Waals surface area contributed by atoms with Crippen LogP contribution in [0.25, 0.3) is 27.3 Å². The van der Waals surface area contributed by atoms with Crippen molar-refractivity contribution in [3.8, 4) is 16.9 Å². The van der Waals surface area contributed by atoms with Crippen molar-refractivity contribution in [3.63, 3.8) is 0 Å². The molecular formula is C26H30O3S. The summed E-state index contributed by atoms with van der Waals surface area (Å²) in [6, 6.07) is 12.9. The molecule has 158 valence electrons. The molecule has 0 radical (unpaired) electrons. The molecular weight excluding hydrogens is 392 g/mol. The zero-order valence-corrected chi connectivity index (χ0v) is 19.2. The lowest BCUT2D eigenvalue weighted by molar-refractivity contribution is -0.131. The van der Waals surface area contributed by atoms with E-state index in [9.17, 15) is 4.79 Å². The Labute approximate surface area is 183 Å². The summed E-state index contributed by atoms with van der Waals surface area (Å²) in [6.45, 7) is 11.7. The van der Waals surface area contributed by atoms with Crippen LogP contribution in [0.1, 0.15) is 68.9 Å². The van der Waals surface area contributed by atoms with Gasteiger partial charge in [-0.05, 0) is 59.2 Å². The Morgan fingerprint density at radius 3 is 2.50 bits per heavy atom. The van der Waals surface area contributed by atoms with E-state index in [4.69, 9.17) is 9.84 Å². The van der Waals surface area contributed by atoms with Crippen LogP contribution in [-0.4, -0.2) is 17.7 Å². The van der Waals surface area contributed by atoms with Gasteiger partial charge in [-0.15, -0.1) is 11.3 Å². The van der Waals surface area contributed by atoms with Gasteiger partial charge in [-0.3, -0.25) is 0 Å². The van der Waals surface area contributed by atoms with Gasteiger partial charge in [0.05, 0.1) is 6.61 Å². The second-order valence-corrected chi connectivity index (χ2v) is 9.30. The predicted octanol–water partition coefficient (Wildman–Crippen LogP) is 7.70. The second kappa shape index (κ2) is 9.48. The SMILES string of the molecule is CCCOc1c(-c2cccc3sc(C=CC(=O)O)cc23)cc(C(C)C)cc1C(C)C. The molecule has 30 heavy (non-hydrogen) atoms. The third kappa shape index (κ3) is 4.76. The highest BCUT2D eigenvalue weighted by Crippen LogP contribution is 2.43. The molecule has 0 amide bonds. The standard InChI is InChI=1S/C26H30O3S/c1-6-12-29-26-21(17(4)5)13-18(16(2)3)14-23(26)20-8-7-9-24-22(20)15-19(30-24)10-11-25(27)28/h7-11,13-17H,6,12H2,1-5H3,(H,27,28). The Kier molecular flexibility index (Phi) is 6.99. The number of benzene rings is 2. The number of fused-ring (bicyclic) bond motifs is 1. The van der Waals surface area contributed by atoms with Crippen molar-refractivity contribution in [1.29, 1.82) is 0 Å². The maximum Gasteiger partial charge on any atom is 0.328 e. The zero-order chi connectivity index (χ0) is 21.8. The van der Waals surface area contributed by atoms with Crippen molar-refractivity contribution in [3.05, 3.63) is 58.5 Å². The fourth-order valence-corrected chi connectivity index (χ4v) is 4.55. The fraction of sp³-hybridized carbons (Fsp3) is 0.346. The number of hydrogen-bond donors (Lipinski definition) is 1. The molecule has 1 N–H and O–H groups in total. The third-order valence-corrected chi connectivity index (χ3v) is 6.21. The smallest absolute Gasteiger partial charge is 0.328 e. The Hall–Kier alpha value is -2.59. The number of ether oxygens (including phenoxy) is 1. The minimum absolute atomic E-state index is 0.352. The zero-order valence-electron chi connectivity index (χ0n) is 18.4. The molecule has 3 rings (SSSR count). The summed E-state index contributed by atoms with van der Waals surface area (Å²) in [4.78, 5) is 11.9. The molecule has 0 saturated carbocycles. The van der Waals surface area contributed by atoms with Crippen LogP contribution < -0.4 is 4.74 Å². The van der Waals surface area contributed by atoms with Crippen LogP contribution in [0.15, 0.2) is 42.5 Å². The first-order valence-electron chi connectivity index (χ1n) is 10.6. The van der Waals surface area contributed by atoms with Gasteiger partial charge in [0.15, 0.2) is 0 Å². The molecule has 0 fully saturated rings. The first-order chi connectivity index (χ1) is 14.3. The lowest BCUT2D eigenvalue weighted by Gasteiger charge is -2.21. The summed E-state index contributed by atoms with van der Waals surface area (Å²) in [6.07, 6.45) is 3.81. The molecule has 0 aliphatic rings. The molecule has 1 aromatic heterocycles. The summed E-state index contributed by atoms with van der Waals surface area (Å²) in [5, 5.41) is 10.1. The van der Waals surface area contributed by atoms with E-state index in [-0.39, 0.29) is 0 Å². The van der Waals surface area contributed by atoms with E-state index in [1.807, 2.05) is 0 Å². The minimum Gasteiger partial charge on any atom is -0.493 e. The summed E-state index contributed by atoms with van der Waals surface area (Å²) < 4.78 is 7.45. The number of hydrogen-bond acceptors (Lipinski definition) is 3. The fourth-order valence-electron chi connectivity index (χ4n) is 3.55. The predicted molar refractivity (Wildman–Crippen MR) is 128 cm³/mol. The average Bonchev–Trinajstić information content (AvgIpc) is 3.13. The van der Waals surface area contributed by atoms with Crippen LogP contribution in [0.4, 0.5) is 0 Å². The van der Waals surface area contributed by atoms with Gasteiger partial charge in [0.25, 0.3) is 0 Å². The van der Waals surface area contributed by atoms with E-state index in [2.05, 4.69) is 71.0 Å². The molecule has 4 heteroatoms. The number of carboxylic acids is 1. The molecule has 0 spiro atoms. The van der Waals surface area contributed by atoms with Crippen LogP contribution in [-0.2, 0) is 4.79 Å². The van der Waals surface area contributed by atoms with Crippen molar-refractivity contribution in [2.45, 2.75) is 52.9 Å². The van der Waals surface area contributed by atoms with E-state index in [0.717, 1.165) is 38.3 Å². The molecule has 1 heterocycles. The number of rotatable bonds is 8. The number of aliphatic carboxylic acids is 1. The molecule has 0 bridgehead atoms. The highest BCUT2D eigenvalue weighted by molar-refractivity contribution is 7.19. The maximum absolute atomic E-state index is 10.9. The summed E-state index contributed by atoms with van der Waals surface area (Å²) >= 11 is 1.60.